The minimum absolute atomic E-state index is 0.0315. The molecule has 0 aliphatic carbocycles. The van der Waals surface area contributed by atoms with Crippen molar-refractivity contribution < 1.29 is 14.7 Å². The molecule has 0 radical (unpaired) electrons. The number of hydrogen-bond donors (Lipinski definition) is 1. The molecule has 4 nitrogen and oxygen atoms in total. The standard InChI is InChI=1S/C17H15NO3/c19-15-11-14(17(20)21)16(12-7-3-1-4-8-12)18(15)13-9-5-2-6-10-13/h1-10,14,16H,11H2,(H,20,21)/t14-,16+/m1/s1. The van der Waals surface area contributed by atoms with Crippen molar-refractivity contribution in [3.05, 3.63) is 66.2 Å². The number of aliphatic carboxylic acids is 1. The molecule has 0 saturated carbocycles. The molecule has 1 fully saturated rings. The second-order valence-electron chi connectivity index (χ2n) is 5.10. The van der Waals surface area contributed by atoms with E-state index in [0.717, 1.165) is 11.3 Å². The Bertz CT molecular complexity index is 654. The van der Waals surface area contributed by atoms with Crippen LogP contribution in [0.15, 0.2) is 60.7 Å². The second-order valence-corrected chi connectivity index (χ2v) is 5.10. The van der Waals surface area contributed by atoms with E-state index in [1.165, 1.54) is 0 Å². The number of carboxylic acids is 1. The third-order valence-electron chi connectivity index (χ3n) is 3.82. The van der Waals surface area contributed by atoms with Crippen molar-refractivity contribution in [1.82, 2.24) is 0 Å². The molecule has 4 heteroatoms. The van der Waals surface area contributed by atoms with Gasteiger partial charge < -0.3 is 10.0 Å². The first-order chi connectivity index (χ1) is 10.2. The molecule has 1 aliphatic rings. The van der Waals surface area contributed by atoms with Gasteiger partial charge in [-0.3, -0.25) is 9.59 Å². The zero-order valence-electron chi connectivity index (χ0n) is 11.3. The summed E-state index contributed by atoms with van der Waals surface area (Å²) in [6.45, 7) is 0. The molecule has 1 amide bonds. The monoisotopic (exact) mass is 281 g/mol. The van der Waals surface area contributed by atoms with E-state index in [0.29, 0.717) is 0 Å². The van der Waals surface area contributed by atoms with E-state index in [-0.39, 0.29) is 12.3 Å². The highest BCUT2D eigenvalue weighted by Crippen LogP contribution is 2.41. The fourth-order valence-electron chi connectivity index (χ4n) is 2.88. The van der Waals surface area contributed by atoms with Crippen molar-refractivity contribution >= 4 is 17.6 Å². The van der Waals surface area contributed by atoms with E-state index in [2.05, 4.69) is 0 Å². The summed E-state index contributed by atoms with van der Waals surface area (Å²) in [6, 6.07) is 18.1. The van der Waals surface area contributed by atoms with Gasteiger partial charge in [0.15, 0.2) is 0 Å². The molecule has 1 heterocycles. The summed E-state index contributed by atoms with van der Waals surface area (Å²) in [5.41, 5.74) is 1.58. The molecule has 0 aromatic heterocycles. The molecular formula is C17H15NO3. The normalized spacial score (nSPS) is 21.5. The van der Waals surface area contributed by atoms with E-state index in [1.54, 1.807) is 4.90 Å². The number of benzene rings is 2. The molecule has 1 saturated heterocycles. The van der Waals surface area contributed by atoms with Crippen molar-refractivity contribution in [3.8, 4) is 0 Å². The fourth-order valence-corrected chi connectivity index (χ4v) is 2.88. The average Bonchev–Trinajstić information content (AvgIpc) is 2.87. The van der Waals surface area contributed by atoms with Crippen molar-refractivity contribution in [2.24, 2.45) is 5.92 Å². The lowest BCUT2D eigenvalue weighted by Gasteiger charge is -2.27. The van der Waals surface area contributed by atoms with Crippen molar-refractivity contribution in [3.63, 3.8) is 0 Å². The van der Waals surface area contributed by atoms with Crippen LogP contribution in [-0.4, -0.2) is 17.0 Å². The minimum Gasteiger partial charge on any atom is -0.481 e. The Hall–Kier alpha value is -2.62. The zero-order chi connectivity index (χ0) is 14.8. The molecule has 3 rings (SSSR count). The summed E-state index contributed by atoms with van der Waals surface area (Å²) in [6.07, 6.45) is 0.0315. The summed E-state index contributed by atoms with van der Waals surface area (Å²) in [5.74, 6) is -1.81. The van der Waals surface area contributed by atoms with Gasteiger partial charge in [0.05, 0.1) is 12.0 Å². The summed E-state index contributed by atoms with van der Waals surface area (Å²) in [4.78, 5) is 25.5. The Balaban J connectivity index is 2.08. The molecule has 0 bridgehead atoms. The van der Waals surface area contributed by atoms with Gasteiger partial charge in [-0.1, -0.05) is 48.5 Å². The molecule has 0 unspecified atom stereocenters. The van der Waals surface area contributed by atoms with Gasteiger partial charge in [-0.15, -0.1) is 0 Å². The van der Waals surface area contributed by atoms with E-state index in [9.17, 15) is 14.7 Å². The van der Waals surface area contributed by atoms with Gasteiger partial charge in [0, 0.05) is 12.1 Å². The van der Waals surface area contributed by atoms with Gasteiger partial charge in [-0.2, -0.15) is 0 Å². The molecular weight excluding hydrogens is 266 g/mol. The second kappa shape index (κ2) is 5.40. The molecule has 2 atom stereocenters. The van der Waals surface area contributed by atoms with Gasteiger partial charge in [0.2, 0.25) is 5.91 Å². The van der Waals surface area contributed by atoms with Gasteiger partial charge in [0.25, 0.3) is 0 Å². The number of carbonyl (C=O) groups is 2. The largest absolute Gasteiger partial charge is 0.481 e. The average molecular weight is 281 g/mol. The topological polar surface area (TPSA) is 57.6 Å². The smallest absolute Gasteiger partial charge is 0.309 e. The quantitative estimate of drug-likeness (QED) is 0.941. The number of anilines is 1. The van der Waals surface area contributed by atoms with Crippen LogP contribution in [-0.2, 0) is 9.59 Å². The molecule has 0 spiro atoms. The Labute approximate surface area is 122 Å². The number of carboxylic acid groups (broad SMARTS) is 1. The molecule has 106 valence electrons. The summed E-state index contributed by atoms with van der Waals surface area (Å²) in [7, 11) is 0. The van der Waals surface area contributed by atoms with Gasteiger partial charge in [0.1, 0.15) is 0 Å². The van der Waals surface area contributed by atoms with Crippen molar-refractivity contribution in [2.45, 2.75) is 12.5 Å². The van der Waals surface area contributed by atoms with Crippen LogP contribution >= 0.6 is 0 Å². The Morgan fingerprint density at radius 2 is 1.57 bits per heavy atom. The van der Waals surface area contributed by atoms with E-state index in [4.69, 9.17) is 0 Å². The van der Waals surface area contributed by atoms with Gasteiger partial charge >= 0.3 is 5.97 Å². The maximum atomic E-state index is 12.3. The van der Waals surface area contributed by atoms with Crippen LogP contribution in [0.5, 0.6) is 0 Å². The number of rotatable bonds is 3. The number of hydrogen-bond acceptors (Lipinski definition) is 2. The lowest BCUT2D eigenvalue weighted by Crippen LogP contribution is -2.30. The molecule has 1 aliphatic heterocycles. The van der Waals surface area contributed by atoms with E-state index in [1.807, 2.05) is 60.7 Å². The third-order valence-corrected chi connectivity index (χ3v) is 3.82. The Morgan fingerprint density at radius 3 is 2.14 bits per heavy atom. The number of para-hydroxylation sites is 1. The summed E-state index contributed by atoms with van der Waals surface area (Å²) in [5, 5.41) is 9.45. The van der Waals surface area contributed by atoms with Crippen LogP contribution in [0.25, 0.3) is 0 Å². The summed E-state index contributed by atoms with van der Waals surface area (Å²) < 4.78 is 0. The molecule has 2 aromatic carbocycles. The first kappa shape index (κ1) is 13.4. The van der Waals surface area contributed by atoms with Crippen LogP contribution in [0.2, 0.25) is 0 Å². The minimum atomic E-state index is -0.935. The van der Waals surface area contributed by atoms with Crippen molar-refractivity contribution in [2.75, 3.05) is 4.90 Å². The Morgan fingerprint density at radius 1 is 1.00 bits per heavy atom. The SMILES string of the molecule is O=C(O)[C@@H]1CC(=O)N(c2ccccc2)[C@H]1c1ccccc1. The maximum absolute atomic E-state index is 12.3. The number of nitrogens with zero attached hydrogens (tertiary/aromatic N) is 1. The lowest BCUT2D eigenvalue weighted by atomic mass is 9.93. The van der Waals surface area contributed by atoms with Crippen LogP contribution in [0.1, 0.15) is 18.0 Å². The van der Waals surface area contributed by atoms with Crippen molar-refractivity contribution in [1.29, 1.82) is 0 Å². The highest BCUT2D eigenvalue weighted by atomic mass is 16.4. The van der Waals surface area contributed by atoms with Crippen LogP contribution in [0.3, 0.4) is 0 Å². The third kappa shape index (κ3) is 2.40. The Kier molecular flexibility index (Phi) is 3.44. The van der Waals surface area contributed by atoms with Crippen LogP contribution in [0, 0.1) is 5.92 Å². The predicted molar refractivity (Wildman–Crippen MR) is 78.9 cm³/mol. The highest BCUT2D eigenvalue weighted by Gasteiger charge is 2.45. The number of carbonyl (C=O) groups excluding carboxylic acids is 1. The van der Waals surface area contributed by atoms with E-state index >= 15 is 0 Å². The number of amides is 1. The van der Waals surface area contributed by atoms with Crippen LogP contribution in [0.4, 0.5) is 5.69 Å². The van der Waals surface area contributed by atoms with Gasteiger partial charge in [-0.25, -0.2) is 0 Å². The first-order valence-corrected chi connectivity index (χ1v) is 6.83. The fraction of sp³-hybridized carbons (Fsp3) is 0.176. The molecule has 2 aromatic rings. The van der Waals surface area contributed by atoms with Gasteiger partial charge in [-0.05, 0) is 17.7 Å². The first-order valence-electron chi connectivity index (χ1n) is 6.83. The highest BCUT2D eigenvalue weighted by molar-refractivity contribution is 6.00. The summed E-state index contributed by atoms with van der Waals surface area (Å²) >= 11 is 0. The van der Waals surface area contributed by atoms with Crippen LogP contribution < -0.4 is 4.90 Å². The zero-order valence-corrected chi connectivity index (χ0v) is 11.3. The molecule has 1 N–H and O–H groups in total. The lowest BCUT2D eigenvalue weighted by molar-refractivity contribution is -0.142. The van der Waals surface area contributed by atoms with E-state index < -0.39 is 17.9 Å². The maximum Gasteiger partial charge on any atom is 0.309 e. The predicted octanol–water partition coefficient (Wildman–Crippen LogP) is 2.87. The molecule has 21 heavy (non-hydrogen) atoms.